The predicted molar refractivity (Wildman–Crippen MR) is 91.0 cm³/mol. The molecule has 1 atom stereocenters. The van der Waals surface area contributed by atoms with Gasteiger partial charge in [0, 0.05) is 17.1 Å². The van der Waals surface area contributed by atoms with Crippen LogP contribution in [0.2, 0.25) is 0 Å². The second-order valence-corrected chi connectivity index (χ2v) is 6.75. The van der Waals surface area contributed by atoms with Gasteiger partial charge in [-0.3, -0.25) is 0 Å². The molecule has 0 spiro atoms. The maximum absolute atomic E-state index is 6.01. The Morgan fingerprint density at radius 1 is 1.10 bits per heavy atom. The monoisotopic (exact) mass is 300 g/mol. The molecule has 2 N–H and O–H groups in total. The summed E-state index contributed by atoms with van der Waals surface area (Å²) >= 11 is 1.73. The molecule has 0 aliphatic rings. The molecule has 0 amide bonds. The van der Waals surface area contributed by atoms with Crippen LogP contribution in [0.15, 0.2) is 40.4 Å². The zero-order chi connectivity index (χ0) is 15.4. The first-order valence-electron chi connectivity index (χ1n) is 7.45. The summed E-state index contributed by atoms with van der Waals surface area (Å²) in [5.41, 5.74) is 11.1. The van der Waals surface area contributed by atoms with Gasteiger partial charge in [-0.1, -0.05) is 30.8 Å². The molecule has 3 heteroatoms. The number of rotatable bonds is 5. The Balaban J connectivity index is 2.15. The van der Waals surface area contributed by atoms with E-state index in [1.54, 1.807) is 11.8 Å². The van der Waals surface area contributed by atoms with E-state index >= 15 is 0 Å². The van der Waals surface area contributed by atoms with Crippen LogP contribution in [0.25, 0.3) is 0 Å². The van der Waals surface area contributed by atoms with Crippen LogP contribution in [-0.4, -0.2) is 11.0 Å². The first kappa shape index (κ1) is 16.1. The summed E-state index contributed by atoms with van der Waals surface area (Å²) in [6, 6.07) is 8.99. The fourth-order valence-corrected chi connectivity index (χ4v) is 3.10. The smallest absolute Gasteiger partial charge is 0.104 e. The lowest BCUT2D eigenvalue weighted by Crippen LogP contribution is -2.21. The first-order chi connectivity index (χ1) is 9.99. The van der Waals surface area contributed by atoms with Crippen molar-refractivity contribution >= 4 is 11.8 Å². The summed E-state index contributed by atoms with van der Waals surface area (Å²) < 4.78 is 0. The molecule has 0 radical (unpaired) electrons. The van der Waals surface area contributed by atoms with Gasteiger partial charge in [-0.15, -0.1) is 0 Å². The number of nitrogens with zero attached hydrogens (tertiary/aromatic N) is 1. The molecule has 0 saturated heterocycles. The van der Waals surface area contributed by atoms with E-state index in [1.165, 1.54) is 27.1 Å². The van der Waals surface area contributed by atoms with Crippen LogP contribution in [-0.2, 0) is 6.42 Å². The number of pyridine rings is 1. The molecule has 0 aliphatic heterocycles. The number of nitrogens with two attached hydrogens (primary N) is 1. The van der Waals surface area contributed by atoms with Crippen LogP contribution in [0.5, 0.6) is 0 Å². The Hall–Kier alpha value is -1.32. The number of hydrogen-bond acceptors (Lipinski definition) is 3. The predicted octanol–water partition coefficient (Wildman–Crippen LogP) is 4.44. The molecule has 1 heterocycles. The fraction of sp³-hybridized carbons (Fsp3) is 0.389. The zero-order valence-corrected chi connectivity index (χ0v) is 14.1. The van der Waals surface area contributed by atoms with E-state index in [9.17, 15) is 0 Å². The van der Waals surface area contributed by atoms with Gasteiger partial charge in [-0.2, -0.15) is 0 Å². The quantitative estimate of drug-likeness (QED) is 0.887. The molecular formula is C18H24N2S. The van der Waals surface area contributed by atoms with Gasteiger partial charge in [0.05, 0.1) is 0 Å². The minimum atomic E-state index is 0.226. The van der Waals surface area contributed by atoms with E-state index in [0.29, 0.717) is 0 Å². The summed E-state index contributed by atoms with van der Waals surface area (Å²) in [5.74, 6) is 0. The molecular weight excluding hydrogens is 276 g/mol. The SMILES string of the molecule is CCC(N)Cc1cnc(Sc2ccc(C)c(C)c2)c(C)c1. The summed E-state index contributed by atoms with van der Waals surface area (Å²) in [6.07, 6.45) is 3.86. The van der Waals surface area contributed by atoms with Crippen molar-refractivity contribution in [2.24, 2.45) is 5.73 Å². The van der Waals surface area contributed by atoms with Gasteiger partial charge >= 0.3 is 0 Å². The van der Waals surface area contributed by atoms with Gasteiger partial charge in [0.25, 0.3) is 0 Å². The standard InChI is InChI=1S/C18H24N2S/c1-5-16(19)10-15-8-14(4)18(20-11-15)21-17-7-6-12(2)13(3)9-17/h6-9,11,16H,5,10,19H2,1-4H3. The van der Waals surface area contributed by atoms with E-state index in [2.05, 4.69) is 56.9 Å². The third kappa shape index (κ3) is 4.32. The van der Waals surface area contributed by atoms with Crippen molar-refractivity contribution in [1.82, 2.24) is 4.98 Å². The third-order valence-electron chi connectivity index (χ3n) is 3.80. The summed E-state index contributed by atoms with van der Waals surface area (Å²) in [5, 5.41) is 1.08. The van der Waals surface area contributed by atoms with E-state index in [-0.39, 0.29) is 6.04 Å². The number of aryl methyl sites for hydroxylation is 3. The highest BCUT2D eigenvalue weighted by molar-refractivity contribution is 7.99. The highest BCUT2D eigenvalue weighted by Crippen LogP contribution is 2.30. The van der Waals surface area contributed by atoms with Gasteiger partial charge in [0.15, 0.2) is 0 Å². The van der Waals surface area contributed by atoms with Gasteiger partial charge < -0.3 is 5.73 Å². The molecule has 0 saturated carbocycles. The minimum absolute atomic E-state index is 0.226. The Labute approximate surface area is 132 Å². The van der Waals surface area contributed by atoms with Gasteiger partial charge in [0.1, 0.15) is 5.03 Å². The van der Waals surface area contributed by atoms with E-state index in [4.69, 9.17) is 5.73 Å². The molecule has 0 fully saturated rings. The largest absolute Gasteiger partial charge is 0.327 e. The van der Waals surface area contributed by atoms with Crippen molar-refractivity contribution in [2.75, 3.05) is 0 Å². The van der Waals surface area contributed by atoms with Crippen molar-refractivity contribution in [3.63, 3.8) is 0 Å². The van der Waals surface area contributed by atoms with Crippen LogP contribution in [0.3, 0.4) is 0 Å². The lowest BCUT2D eigenvalue weighted by atomic mass is 10.1. The van der Waals surface area contributed by atoms with Crippen LogP contribution in [0.4, 0.5) is 0 Å². The highest BCUT2D eigenvalue weighted by Gasteiger charge is 2.07. The molecule has 1 aromatic carbocycles. The average Bonchev–Trinajstić information content (AvgIpc) is 2.45. The lowest BCUT2D eigenvalue weighted by Gasteiger charge is -2.11. The second kappa shape index (κ2) is 7.10. The molecule has 2 nitrogen and oxygen atoms in total. The van der Waals surface area contributed by atoms with Crippen molar-refractivity contribution in [2.45, 2.75) is 56.5 Å². The van der Waals surface area contributed by atoms with Gasteiger partial charge in [-0.05, 0) is 68.0 Å². The fourth-order valence-electron chi connectivity index (χ4n) is 2.18. The van der Waals surface area contributed by atoms with Crippen molar-refractivity contribution in [1.29, 1.82) is 0 Å². The lowest BCUT2D eigenvalue weighted by molar-refractivity contribution is 0.644. The van der Waals surface area contributed by atoms with E-state index in [1.807, 2.05) is 6.20 Å². The Kier molecular flexibility index (Phi) is 5.43. The first-order valence-corrected chi connectivity index (χ1v) is 8.27. The van der Waals surface area contributed by atoms with Crippen molar-refractivity contribution in [3.8, 4) is 0 Å². The normalized spacial score (nSPS) is 12.4. The summed E-state index contributed by atoms with van der Waals surface area (Å²) in [4.78, 5) is 5.86. The third-order valence-corrected chi connectivity index (χ3v) is 4.91. The van der Waals surface area contributed by atoms with Crippen molar-refractivity contribution in [3.05, 3.63) is 52.7 Å². The molecule has 2 aromatic rings. The Bertz CT molecular complexity index is 623. The maximum Gasteiger partial charge on any atom is 0.104 e. The molecule has 2 rings (SSSR count). The second-order valence-electron chi connectivity index (χ2n) is 5.69. The zero-order valence-electron chi connectivity index (χ0n) is 13.3. The molecule has 1 unspecified atom stereocenters. The molecule has 0 bridgehead atoms. The molecule has 0 aliphatic carbocycles. The molecule has 1 aromatic heterocycles. The minimum Gasteiger partial charge on any atom is -0.327 e. The Morgan fingerprint density at radius 2 is 1.86 bits per heavy atom. The van der Waals surface area contributed by atoms with E-state index < -0.39 is 0 Å². The van der Waals surface area contributed by atoms with Crippen LogP contribution in [0.1, 0.15) is 35.6 Å². The Morgan fingerprint density at radius 3 is 2.48 bits per heavy atom. The molecule has 21 heavy (non-hydrogen) atoms. The summed E-state index contributed by atoms with van der Waals surface area (Å²) in [7, 11) is 0. The van der Waals surface area contributed by atoms with Crippen molar-refractivity contribution < 1.29 is 0 Å². The number of hydrogen-bond donors (Lipinski definition) is 1. The number of aromatic nitrogens is 1. The van der Waals surface area contributed by atoms with E-state index in [0.717, 1.165) is 17.9 Å². The number of benzene rings is 1. The van der Waals surface area contributed by atoms with Crippen LogP contribution < -0.4 is 5.73 Å². The average molecular weight is 300 g/mol. The molecule has 112 valence electrons. The summed E-state index contributed by atoms with van der Waals surface area (Å²) in [6.45, 7) is 8.53. The van der Waals surface area contributed by atoms with Gasteiger partial charge in [-0.25, -0.2) is 4.98 Å². The van der Waals surface area contributed by atoms with Gasteiger partial charge in [0.2, 0.25) is 0 Å². The topological polar surface area (TPSA) is 38.9 Å². The maximum atomic E-state index is 6.01. The highest BCUT2D eigenvalue weighted by atomic mass is 32.2. The van der Waals surface area contributed by atoms with Crippen LogP contribution >= 0.6 is 11.8 Å². The van der Waals surface area contributed by atoms with Crippen LogP contribution in [0, 0.1) is 20.8 Å².